The van der Waals surface area contributed by atoms with Crippen LogP contribution in [-0.4, -0.2) is 63.1 Å². The van der Waals surface area contributed by atoms with Crippen molar-refractivity contribution in [2.24, 2.45) is 11.3 Å². The molecule has 1 aliphatic carbocycles. The summed E-state index contributed by atoms with van der Waals surface area (Å²) in [5.41, 5.74) is 2.03. The van der Waals surface area contributed by atoms with Crippen LogP contribution in [0.3, 0.4) is 0 Å². The second-order valence-electron chi connectivity index (χ2n) is 12.4. The Morgan fingerprint density at radius 2 is 1.98 bits per heavy atom. The normalized spacial score (nSPS) is 20.9. The number of β-amino-alcohol motifs (C(OH)–C–C–N with tert-alkyl or cyclic N) is 1. The molecule has 1 aliphatic heterocycles. The van der Waals surface area contributed by atoms with Crippen molar-refractivity contribution in [2.45, 2.75) is 97.7 Å². The molecule has 10 heteroatoms. The van der Waals surface area contributed by atoms with Crippen molar-refractivity contribution in [1.29, 1.82) is 0 Å². The SMILES string of the molecule is Cc1ncsc1-c1ccc(CNC(=O)C2C[C@@H](O)CN2C(=O)[C@@H](CC(=O)C2(F)CC2)C(C)(C)C)c(OC(C)C)c1. The quantitative estimate of drug-likeness (QED) is 0.430. The van der Waals surface area contributed by atoms with E-state index in [1.165, 1.54) is 4.90 Å². The summed E-state index contributed by atoms with van der Waals surface area (Å²) >= 11 is 1.55. The van der Waals surface area contributed by atoms with Gasteiger partial charge in [-0.3, -0.25) is 14.4 Å². The number of carbonyl (C=O) groups is 3. The minimum Gasteiger partial charge on any atom is -0.491 e. The highest BCUT2D eigenvalue weighted by atomic mass is 32.1. The molecule has 8 nitrogen and oxygen atoms in total. The van der Waals surface area contributed by atoms with Crippen LogP contribution in [0.1, 0.15) is 71.6 Å². The van der Waals surface area contributed by atoms with Gasteiger partial charge in [-0.05, 0) is 50.7 Å². The molecule has 0 spiro atoms. The number of likely N-dealkylation sites (tertiary alicyclic amines) is 1. The summed E-state index contributed by atoms with van der Waals surface area (Å²) in [6, 6.07) is 4.92. The van der Waals surface area contributed by atoms with Crippen LogP contribution in [0, 0.1) is 18.3 Å². The molecule has 0 radical (unpaired) electrons. The molecular weight excluding hydrogens is 533 g/mol. The minimum absolute atomic E-state index is 0.0108. The number of aromatic nitrogens is 1. The number of aliphatic hydroxyl groups is 1. The van der Waals surface area contributed by atoms with Crippen LogP contribution in [0.2, 0.25) is 0 Å². The van der Waals surface area contributed by atoms with E-state index in [9.17, 15) is 23.9 Å². The van der Waals surface area contributed by atoms with Crippen molar-refractivity contribution in [2.75, 3.05) is 6.54 Å². The second-order valence-corrected chi connectivity index (χ2v) is 13.2. The summed E-state index contributed by atoms with van der Waals surface area (Å²) in [4.78, 5) is 46.4. The molecule has 1 aromatic heterocycles. The molecule has 2 heterocycles. The Labute approximate surface area is 239 Å². The first-order valence-electron chi connectivity index (χ1n) is 13.9. The number of aliphatic hydroxyl groups excluding tert-OH is 1. The van der Waals surface area contributed by atoms with E-state index in [1.54, 1.807) is 16.8 Å². The number of benzene rings is 1. The fraction of sp³-hybridized carbons (Fsp3) is 0.600. The molecule has 218 valence electrons. The number of carbonyl (C=O) groups excluding carboxylic acids is 3. The lowest BCUT2D eigenvalue weighted by Gasteiger charge is -2.35. The number of Topliss-reactive ketones (excluding diaryl/α,β-unsaturated/α-hetero) is 1. The average Bonchev–Trinajstić information content (AvgIpc) is 3.28. The summed E-state index contributed by atoms with van der Waals surface area (Å²) in [5, 5.41) is 13.3. The van der Waals surface area contributed by atoms with Gasteiger partial charge >= 0.3 is 0 Å². The molecule has 2 amide bonds. The first kappa shape index (κ1) is 30.1. The number of halogens is 1. The monoisotopic (exact) mass is 573 g/mol. The first-order chi connectivity index (χ1) is 18.7. The number of alkyl halides is 1. The van der Waals surface area contributed by atoms with Gasteiger partial charge in [0.25, 0.3) is 0 Å². The lowest BCUT2D eigenvalue weighted by atomic mass is 9.76. The van der Waals surface area contributed by atoms with E-state index in [0.717, 1.165) is 21.7 Å². The molecule has 2 N–H and O–H groups in total. The molecule has 3 atom stereocenters. The fourth-order valence-corrected chi connectivity index (χ4v) is 5.91. The summed E-state index contributed by atoms with van der Waals surface area (Å²) in [6.07, 6.45) is -0.694. The van der Waals surface area contributed by atoms with Gasteiger partial charge in [0.1, 0.15) is 11.8 Å². The van der Waals surface area contributed by atoms with E-state index in [2.05, 4.69) is 10.3 Å². The molecule has 2 fully saturated rings. The highest BCUT2D eigenvalue weighted by molar-refractivity contribution is 7.13. The number of rotatable bonds is 10. The van der Waals surface area contributed by atoms with Crippen molar-refractivity contribution in [3.8, 4) is 16.2 Å². The number of aryl methyl sites for hydroxylation is 1. The standard InChI is InChI=1S/C30H40FN3O5S/c1-17(2)39-24-11-19(26-18(3)33-16-40-26)7-8-20(24)14-32-27(37)23-12-21(35)15-34(23)28(38)22(29(4,5)6)13-25(36)30(31)9-10-30/h7-8,11,16-17,21-23,35H,9-10,12-15H2,1-6H3,(H,32,37)/t21-,22-,23?/m1/s1. The van der Waals surface area contributed by atoms with E-state index in [0.29, 0.717) is 5.75 Å². The highest BCUT2D eigenvalue weighted by Crippen LogP contribution is 2.44. The van der Waals surface area contributed by atoms with Gasteiger partial charge in [0, 0.05) is 37.4 Å². The Hall–Kier alpha value is -2.85. The maximum Gasteiger partial charge on any atom is 0.243 e. The van der Waals surface area contributed by atoms with Crippen LogP contribution in [-0.2, 0) is 20.9 Å². The van der Waals surface area contributed by atoms with Gasteiger partial charge in [-0.1, -0.05) is 32.9 Å². The third-order valence-electron chi connectivity index (χ3n) is 7.68. The van der Waals surface area contributed by atoms with Gasteiger partial charge in [-0.15, -0.1) is 11.3 Å². The maximum atomic E-state index is 14.5. The van der Waals surface area contributed by atoms with Crippen LogP contribution in [0.25, 0.3) is 10.4 Å². The van der Waals surface area contributed by atoms with Crippen molar-refractivity contribution in [1.82, 2.24) is 15.2 Å². The fourth-order valence-electron chi connectivity index (χ4n) is 5.11. The number of amides is 2. The summed E-state index contributed by atoms with van der Waals surface area (Å²) in [5.74, 6) is -1.52. The molecule has 2 aliphatic rings. The van der Waals surface area contributed by atoms with Gasteiger partial charge in [-0.2, -0.15) is 0 Å². The molecule has 1 aromatic carbocycles. The number of hydrogen-bond acceptors (Lipinski definition) is 7. The highest BCUT2D eigenvalue weighted by Gasteiger charge is 2.53. The molecule has 40 heavy (non-hydrogen) atoms. The van der Waals surface area contributed by atoms with Crippen molar-refractivity contribution < 1.29 is 28.6 Å². The van der Waals surface area contributed by atoms with Crippen molar-refractivity contribution >= 4 is 28.9 Å². The Bertz CT molecular complexity index is 1270. The lowest BCUT2D eigenvalue weighted by Crippen LogP contribution is -2.50. The molecule has 4 rings (SSSR count). The predicted octanol–water partition coefficient (Wildman–Crippen LogP) is 4.61. The first-order valence-corrected chi connectivity index (χ1v) is 14.8. The molecular formula is C30H40FN3O5S. The van der Waals surface area contributed by atoms with Crippen LogP contribution in [0.5, 0.6) is 5.75 Å². The van der Waals surface area contributed by atoms with E-state index in [-0.39, 0.29) is 44.9 Å². The Morgan fingerprint density at radius 1 is 1.27 bits per heavy atom. The van der Waals surface area contributed by atoms with E-state index in [1.807, 2.05) is 59.7 Å². The molecule has 2 aromatic rings. The Kier molecular flexibility index (Phi) is 8.71. The summed E-state index contributed by atoms with van der Waals surface area (Å²) in [6.45, 7) is 11.5. The zero-order chi connectivity index (χ0) is 29.4. The number of ether oxygens (including phenoxy) is 1. The Morgan fingerprint density at radius 3 is 2.55 bits per heavy atom. The smallest absolute Gasteiger partial charge is 0.243 e. The maximum absolute atomic E-state index is 14.5. The van der Waals surface area contributed by atoms with Crippen molar-refractivity contribution in [3.05, 3.63) is 35.0 Å². The zero-order valence-electron chi connectivity index (χ0n) is 24.1. The zero-order valence-corrected chi connectivity index (χ0v) is 24.9. The van der Waals surface area contributed by atoms with Crippen LogP contribution in [0.15, 0.2) is 23.7 Å². The lowest BCUT2D eigenvalue weighted by molar-refractivity contribution is -0.147. The van der Waals surface area contributed by atoms with Gasteiger partial charge in [-0.25, -0.2) is 9.37 Å². The topological polar surface area (TPSA) is 109 Å². The molecule has 0 bridgehead atoms. The largest absolute Gasteiger partial charge is 0.491 e. The third kappa shape index (κ3) is 6.71. The van der Waals surface area contributed by atoms with Gasteiger partial charge in [0.05, 0.1) is 28.3 Å². The van der Waals surface area contributed by atoms with Crippen LogP contribution >= 0.6 is 11.3 Å². The van der Waals surface area contributed by atoms with E-state index in [4.69, 9.17) is 4.74 Å². The van der Waals surface area contributed by atoms with Crippen LogP contribution in [0.4, 0.5) is 4.39 Å². The van der Waals surface area contributed by atoms with Gasteiger partial charge in [0.15, 0.2) is 11.5 Å². The summed E-state index contributed by atoms with van der Waals surface area (Å²) in [7, 11) is 0. The second kappa shape index (κ2) is 11.6. The minimum atomic E-state index is -1.82. The van der Waals surface area contributed by atoms with E-state index < -0.39 is 46.7 Å². The summed E-state index contributed by atoms with van der Waals surface area (Å²) < 4.78 is 20.5. The van der Waals surface area contributed by atoms with Crippen molar-refractivity contribution in [3.63, 3.8) is 0 Å². The van der Waals surface area contributed by atoms with Gasteiger partial charge < -0.3 is 20.1 Å². The number of nitrogens with zero attached hydrogens (tertiary/aromatic N) is 2. The van der Waals surface area contributed by atoms with Crippen LogP contribution < -0.4 is 10.1 Å². The van der Waals surface area contributed by atoms with E-state index >= 15 is 0 Å². The molecule has 1 saturated carbocycles. The average molecular weight is 574 g/mol. The number of hydrogen-bond donors (Lipinski definition) is 2. The number of nitrogens with one attached hydrogen (secondary N) is 1. The third-order valence-corrected chi connectivity index (χ3v) is 8.65. The Balaban J connectivity index is 1.49. The number of thiazole rings is 1. The van der Waals surface area contributed by atoms with Gasteiger partial charge in [0.2, 0.25) is 11.8 Å². The predicted molar refractivity (Wildman–Crippen MR) is 152 cm³/mol. The number of ketones is 1. The molecule has 1 unspecified atom stereocenters. The molecule has 1 saturated heterocycles.